The lowest BCUT2D eigenvalue weighted by molar-refractivity contribution is -0.0783. The van der Waals surface area contributed by atoms with Crippen LogP contribution in [0.5, 0.6) is 5.75 Å². The van der Waals surface area contributed by atoms with Crippen LogP contribution in [0.3, 0.4) is 0 Å². The predicted molar refractivity (Wildman–Crippen MR) is 137 cm³/mol. The summed E-state index contributed by atoms with van der Waals surface area (Å²) in [7, 11) is 0. The molecule has 1 amide bonds. The zero-order valence-electron chi connectivity index (χ0n) is 23.9. The summed E-state index contributed by atoms with van der Waals surface area (Å²) < 4.78 is 63.7. The van der Waals surface area contributed by atoms with Gasteiger partial charge in [-0.3, -0.25) is 9.78 Å². The van der Waals surface area contributed by atoms with Crippen molar-refractivity contribution in [3.8, 4) is 16.9 Å². The van der Waals surface area contributed by atoms with Gasteiger partial charge in [0, 0.05) is 46.0 Å². The van der Waals surface area contributed by atoms with E-state index in [-0.39, 0.29) is 29.9 Å². The molecule has 5 heterocycles. The number of carbonyl (C=O) groups is 1. The van der Waals surface area contributed by atoms with Crippen molar-refractivity contribution in [2.75, 3.05) is 13.6 Å². The largest absolute Gasteiger partial charge is 0.434 e. The number of pyridine rings is 1. The first-order valence-electron chi connectivity index (χ1n) is 14.2. The van der Waals surface area contributed by atoms with Crippen molar-refractivity contribution in [1.29, 1.82) is 0 Å². The quantitative estimate of drug-likeness (QED) is 0.398. The highest BCUT2D eigenvalue weighted by atomic mass is 19.3. The van der Waals surface area contributed by atoms with Gasteiger partial charge in [-0.15, -0.1) is 0 Å². The Morgan fingerprint density at radius 2 is 2.13 bits per heavy atom. The molecule has 2 aromatic carbocycles. The van der Waals surface area contributed by atoms with Crippen molar-refractivity contribution in [2.24, 2.45) is 0 Å². The van der Waals surface area contributed by atoms with Gasteiger partial charge in [-0.1, -0.05) is 19.1 Å². The fourth-order valence-electron chi connectivity index (χ4n) is 6.15. The molecule has 0 unspecified atom stereocenters. The summed E-state index contributed by atoms with van der Waals surface area (Å²) in [6.07, 6.45) is 2.28. The van der Waals surface area contributed by atoms with E-state index >= 15 is 0 Å². The van der Waals surface area contributed by atoms with Gasteiger partial charge in [0.2, 0.25) is 0 Å². The summed E-state index contributed by atoms with van der Waals surface area (Å²) in [6.45, 7) is -3.58. The van der Waals surface area contributed by atoms with Crippen molar-refractivity contribution in [1.82, 2.24) is 19.4 Å². The Balaban J connectivity index is 1.41. The minimum Gasteiger partial charge on any atom is -0.434 e. The third kappa shape index (κ3) is 3.51. The topological polar surface area (TPSA) is 89.7 Å². The zero-order valence-corrected chi connectivity index (χ0v) is 20.9. The summed E-state index contributed by atoms with van der Waals surface area (Å²) in [5.41, 5.74) is 3.19. The van der Waals surface area contributed by atoms with E-state index in [9.17, 15) is 18.7 Å². The number of carbonyl (C=O) groups excluding carboxylic acids is 1. The van der Waals surface area contributed by atoms with Gasteiger partial charge in [-0.05, 0) is 42.3 Å². The number of aliphatic hydroxyl groups is 1. The van der Waals surface area contributed by atoms with Crippen LogP contribution in [0.2, 0.25) is 0 Å². The molecule has 200 valence electrons. The molecule has 3 aliphatic rings. The fraction of sp³-hybridized carbons (Fsp3) is 0.345. The maximum atomic E-state index is 13.6. The summed E-state index contributed by atoms with van der Waals surface area (Å²) in [4.78, 5) is 23.8. The van der Waals surface area contributed by atoms with E-state index in [1.165, 1.54) is 18.2 Å². The van der Waals surface area contributed by atoms with E-state index in [0.29, 0.717) is 35.6 Å². The van der Waals surface area contributed by atoms with Crippen molar-refractivity contribution >= 4 is 16.9 Å². The van der Waals surface area contributed by atoms with E-state index in [2.05, 4.69) is 4.98 Å². The van der Waals surface area contributed by atoms with Crippen molar-refractivity contribution in [3.63, 3.8) is 0 Å². The molecule has 1 N–H and O–H groups in total. The molecule has 0 saturated carbocycles. The smallest absolute Gasteiger partial charge is 0.387 e. The number of nitrogens with zero attached hydrogens (tertiary/aromatic N) is 4. The van der Waals surface area contributed by atoms with Crippen LogP contribution in [0.15, 0.2) is 48.7 Å². The molecule has 7 rings (SSSR count). The number of amides is 1. The van der Waals surface area contributed by atoms with E-state index in [0.717, 1.165) is 21.6 Å². The number of benzene rings is 2. The maximum Gasteiger partial charge on any atom is 0.387 e. The predicted octanol–water partition coefficient (Wildman–Crippen LogP) is 4.95. The number of imidazole rings is 1. The van der Waals surface area contributed by atoms with Crippen LogP contribution in [-0.2, 0) is 16.9 Å². The first kappa shape index (κ1) is 21.0. The summed E-state index contributed by atoms with van der Waals surface area (Å²) in [6, 6.07) is 10.1. The van der Waals surface area contributed by atoms with Gasteiger partial charge < -0.3 is 24.0 Å². The lowest BCUT2D eigenvalue weighted by Gasteiger charge is -2.32. The summed E-state index contributed by atoms with van der Waals surface area (Å²) >= 11 is 0. The molecule has 39 heavy (non-hydrogen) atoms. The molecular formula is C29H26F2N4O4. The molecule has 0 aliphatic carbocycles. The number of hydrogen-bond acceptors (Lipinski definition) is 6. The standard InChI is InChI=1S/C29H26F2N4O4/c1-3-29(37)14-38-13-17-9-16(12-32-25(17)29)15-7-8-19-20(10-15)35-21-11-22(26(35)33-19)34(2)27(36)18-5-4-6-23(24(18)21)39-28(30)31/h4-10,12,21-22,28,37H,3,11,13-14H2,1-2H3/t21-,22-,29+/m1/s1/i2D3. The second kappa shape index (κ2) is 8.56. The molecule has 0 spiro atoms. The Labute approximate surface area is 227 Å². The molecule has 3 aliphatic heterocycles. The molecule has 3 atom stereocenters. The van der Waals surface area contributed by atoms with Gasteiger partial charge in [-0.25, -0.2) is 4.98 Å². The van der Waals surface area contributed by atoms with Crippen LogP contribution >= 0.6 is 0 Å². The normalized spacial score (nSPS) is 25.0. The second-order valence-corrected chi connectivity index (χ2v) is 10.2. The average Bonchev–Trinajstić information content (AvgIpc) is 3.45. The second-order valence-electron chi connectivity index (χ2n) is 10.2. The lowest BCUT2D eigenvalue weighted by atomic mass is 9.90. The van der Waals surface area contributed by atoms with Crippen LogP contribution in [-0.4, -0.2) is 50.6 Å². The minimum absolute atomic E-state index is 0.00253. The molecule has 8 nitrogen and oxygen atoms in total. The number of ether oxygens (including phenoxy) is 2. The number of halogens is 2. The van der Waals surface area contributed by atoms with Gasteiger partial charge in [-0.2, -0.15) is 8.78 Å². The molecule has 2 bridgehead atoms. The van der Waals surface area contributed by atoms with Crippen LogP contribution in [0.1, 0.15) is 69.0 Å². The van der Waals surface area contributed by atoms with Crippen molar-refractivity contribution < 1.29 is 32.3 Å². The first-order valence-corrected chi connectivity index (χ1v) is 12.7. The van der Waals surface area contributed by atoms with Gasteiger partial charge >= 0.3 is 6.61 Å². The molecule has 10 heteroatoms. The highest BCUT2D eigenvalue weighted by Gasteiger charge is 2.45. The number of aromatic nitrogens is 3. The molecular weight excluding hydrogens is 506 g/mol. The highest BCUT2D eigenvalue weighted by molar-refractivity contribution is 5.98. The number of rotatable bonds is 4. The third-order valence-corrected chi connectivity index (χ3v) is 8.07. The summed E-state index contributed by atoms with van der Waals surface area (Å²) in [5.74, 6) is -0.607. The molecule has 4 aromatic rings. The average molecular weight is 536 g/mol. The van der Waals surface area contributed by atoms with Gasteiger partial charge in [0.25, 0.3) is 5.91 Å². The Bertz CT molecular complexity index is 1760. The monoisotopic (exact) mass is 535 g/mol. The molecule has 0 radical (unpaired) electrons. The highest BCUT2D eigenvalue weighted by Crippen LogP contribution is 2.50. The Kier molecular flexibility index (Phi) is 4.61. The van der Waals surface area contributed by atoms with Crippen LogP contribution < -0.4 is 4.74 Å². The maximum absolute atomic E-state index is 13.6. The Morgan fingerprint density at radius 1 is 1.26 bits per heavy atom. The molecule has 2 aromatic heterocycles. The first-order chi connectivity index (χ1) is 20.0. The fourth-order valence-corrected chi connectivity index (χ4v) is 6.15. The Morgan fingerprint density at radius 3 is 2.92 bits per heavy atom. The van der Waals surface area contributed by atoms with Gasteiger partial charge in [0.1, 0.15) is 17.2 Å². The number of hydrogen-bond donors (Lipinski definition) is 1. The van der Waals surface area contributed by atoms with Gasteiger partial charge in [0.05, 0.1) is 42.0 Å². The van der Waals surface area contributed by atoms with Crippen LogP contribution in [0.25, 0.3) is 22.2 Å². The number of fused-ring (bicyclic) bond motifs is 10. The minimum atomic E-state index is -3.14. The number of alkyl halides is 2. The Hall–Kier alpha value is -3.89. The summed E-state index contributed by atoms with van der Waals surface area (Å²) in [5, 5.41) is 11.0. The van der Waals surface area contributed by atoms with Crippen molar-refractivity contribution in [2.45, 2.75) is 50.7 Å². The van der Waals surface area contributed by atoms with Crippen molar-refractivity contribution in [3.05, 3.63) is 76.9 Å². The molecule has 0 saturated heterocycles. The molecule has 0 fully saturated rings. The van der Waals surface area contributed by atoms with Crippen LogP contribution in [0.4, 0.5) is 8.78 Å². The van der Waals surface area contributed by atoms with E-state index in [1.807, 2.05) is 29.7 Å². The van der Waals surface area contributed by atoms with E-state index in [1.54, 1.807) is 12.3 Å². The van der Waals surface area contributed by atoms with Crippen LogP contribution in [0, 0.1) is 0 Å². The van der Waals surface area contributed by atoms with E-state index < -0.39 is 37.2 Å². The van der Waals surface area contributed by atoms with Gasteiger partial charge in [0.15, 0.2) is 0 Å². The van der Waals surface area contributed by atoms with E-state index in [4.69, 9.17) is 18.6 Å². The SMILES string of the molecule is [2H]C([2H])([2H])N1C(=O)c2cccc(OC(F)F)c2[C@H]2C[C@@H]1c1nc3ccc(-c4cnc5c(c4)COC[C@@]5(O)CC)cc3n12. The third-order valence-electron chi connectivity index (χ3n) is 8.07. The lowest BCUT2D eigenvalue weighted by Crippen LogP contribution is -2.36. The zero-order chi connectivity index (χ0) is 29.6.